The third kappa shape index (κ3) is 1.48. The number of aliphatic hydroxyl groups excluding tert-OH is 1. The zero-order chi connectivity index (χ0) is 14.8. The van der Waals surface area contributed by atoms with Gasteiger partial charge in [-0.05, 0) is 23.8 Å². The summed E-state index contributed by atoms with van der Waals surface area (Å²) in [4.78, 5) is 23.5. The highest BCUT2D eigenvalue weighted by molar-refractivity contribution is 7.46. The third-order valence-corrected chi connectivity index (χ3v) is 5.64. The second kappa shape index (κ2) is 4.16. The zero-order valence-corrected chi connectivity index (χ0v) is 12.1. The molecule has 1 saturated carbocycles. The monoisotopic (exact) mass is 312 g/mol. The number of aromatic nitrogens is 2. The predicted octanol–water partition coefficient (Wildman–Crippen LogP) is -0.555. The maximum atomic E-state index is 12.7. The third-order valence-electron chi connectivity index (χ3n) is 4.32. The highest BCUT2D eigenvalue weighted by Crippen LogP contribution is 2.48. The second-order valence-corrected chi connectivity index (χ2v) is 6.82. The molecule has 1 aromatic rings. The number of rotatable bonds is 2. The number of imidazole rings is 1. The first-order chi connectivity index (χ1) is 10.1. The maximum absolute atomic E-state index is 12.7. The van der Waals surface area contributed by atoms with Crippen LogP contribution >= 0.6 is 7.95 Å². The van der Waals surface area contributed by atoms with Crippen LogP contribution in [0.1, 0.15) is 29.8 Å². The average Bonchev–Trinajstić information content (AvgIpc) is 2.84. The fourth-order valence-corrected chi connectivity index (χ4v) is 4.36. The molecular formula is C11H15N5O4P+. The lowest BCUT2D eigenvalue weighted by Crippen LogP contribution is -2.75. The van der Waals surface area contributed by atoms with Gasteiger partial charge in [0.15, 0.2) is 5.69 Å². The molecule has 1 amide bonds. The van der Waals surface area contributed by atoms with Crippen molar-refractivity contribution in [2.24, 2.45) is 5.73 Å². The minimum Gasteiger partial charge on any atom is -0.390 e. The molecule has 0 radical (unpaired) electrons. The second-order valence-electron chi connectivity index (χ2n) is 5.46. The van der Waals surface area contributed by atoms with Crippen molar-refractivity contribution in [1.82, 2.24) is 14.6 Å². The van der Waals surface area contributed by atoms with Crippen LogP contribution < -0.4 is 15.2 Å². The van der Waals surface area contributed by atoms with E-state index in [4.69, 9.17) is 10.6 Å². The Bertz CT molecular complexity index is 645. The molecule has 0 saturated heterocycles. The van der Waals surface area contributed by atoms with Crippen molar-refractivity contribution in [2.75, 3.05) is 17.6 Å². The van der Waals surface area contributed by atoms with Crippen LogP contribution in [0.15, 0.2) is 6.33 Å². The van der Waals surface area contributed by atoms with E-state index in [1.807, 2.05) is 0 Å². The SMILES string of the molecule is NC1(CO)N(C2CCC2)C(=O)c2ncn3c2N1[P+](=O)CO3. The summed E-state index contributed by atoms with van der Waals surface area (Å²) in [7, 11) is -2.00. The normalized spacial score (nSPS) is 30.0. The molecule has 10 heteroatoms. The topological polar surface area (TPSA) is 114 Å². The first-order valence-corrected chi connectivity index (χ1v) is 8.16. The van der Waals surface area contributed by atoms with E-state index in [0.29, 0.717) is 0 Å². The van der Waals surface area contributed by atoms with E-state index in [0.717, 1.165) is 19.3 Å². The molecule has 3 heterocycles. The van der Waals surface area contributed by atoms with Gasteiger partial charge >= 0.3 is 14.3 Å². The van der Waals surface area contributed by atoms with Gasteiger partial charge in [0.2, 0.25) is 11.6 Å². The summed E-state index contributed by atoms with van der Waals surface area (Å²) in [6.45, 7) is -0.513. The van der Waals surface area contributed by atoms with Crippen molar-refractivity contribution in [1.29, 1.82) is 0 Å². The van der Waals surface area contributed by atoms with Crippen LogP contribution in [-0.2, 0) is 4.57 Å². The molecule has 1 aromatic heterocycles. The first-order valence-electron chi connectivity index (χ1n) is 6.77. The van der Waals surface area contributed by atoms with Crippen molar-refractivity contribution in [3.8, 4) is 0 Å². The van der Waals surface area contributed by atoms with Gasteiger partial charge in [-0.2, -0.15) is 0 Å². The molecule has 1 aliphatic carbocycles. The van der Waals surface area contributed by atoms with Crippen molar-refractivity contribution in [3.63, 3.8) is 0 Å². The van der Waals surface area contributed by atoms with E-state index in [1.165, 1.54) is 20.6 Å². The Hall–Kier alpha value is -1.70. The lowest BCUT2D eigenvalue weighted by Gasteiger charge is -2.51. The predicted molar refractivity (Wildman–Crippen MR) is 71.6 cm³/mol. The fraction of sp³-hybridized carbons (Fsp3) is 0.636. The van der Waals surface area contributed by atoms with Crippen LogP contribution in [0.3, 0.4) is 0 Å². The van der Waals surface area contributed by atoms with E-state index in [-0.39, 0.29) is 29.8 Å². The van der Waals surface area contributed by atoms with E-state index in [1.54, 1.807) is 0 Å². The number of anilines is 1. The van der Waals surface area contributed by atoms with Gasteiger partial charge in [-0.15, -0.1) is 4.73 Å². The van der Waals surface area contributed by atoms with E-state index < -0.39 is 20.3 Å². The number of carbonyl (C=O) groups is 1. The van der Waals surface area contributed by atoms with Gasteiger partial charge in [-0.25, -0.2) is 4.98 Å². The number of nitrogens with two attached hydrogens (primary N) is 1. The number of hydrogen-bond acceptors (Lipinski definition) is 6. The van der Waals surface area contributed by atoms with Crippen LogP contribution in [0.5, 0.6) is 0 Å². The Kier molecular flexibility index (Phi) is 2.57. The van der Waals surface area contributed by atoms with Crippen LogP contribution in [0.4, 0.5) is 5.82 Å². The number of nitrogens with zero attached hydrogens (tertiary/aromatic N) is 4. The molecular weight excluding hydrogens is 297 g/mol. The summed E-state index contributed by atoms with van der Waals surface area (Å²) in [5.74, 6) is -1.61. The quantitative estimate of drug-likeness (QED) is 0.704. The van der Waals surface area contributed by atoms with Crippen molar-refractivity contribution in [2.45, 2.75) is 31.1 Å². The van der Waals surface area contributed by atoms with Gasteiger partial charge in [0.1, 0.15) is 12.9 Å². The lowest BCUT2D eigenvalue weighted by molar-refractivity contribution is -0.0137. The van der Waals surface area contributed by atoms with E-state index in [2.05, 4.69) is 4.98 Å². The highest BCUT2D eigenvalue weighted by Gasteiger charge is 2.62. The van der Waals surface area contributed by atoms with Crippen LogP contribution in [-0.4, -0.2) is 50.4 Å². The molecule has 0 aromatic carbocycles. The standard InChI is InChI=1S/C11H15N5O4P/c12-11(4-17)15(7-2-1-3-7)10(18)8-9-14(5-13-8)20-6-21(19)16(9)11/h5,7,17H,1-4,6,12H2/q+1. The van der Waals surface area contributed by atoms with Crippen molar-refractivity contribution >= 4 is 19.7 Å². The Balaban J connectivity index is 1.93. The molecule has 0 spiro atoms. The number of hydrogen-bond donors (Lipinski definition) is 2. The smallest absolute Gasteiger partial charge is 0.390 e. The number of amides is 1. The van der Waals surface area contributed by atoms with Gasteiger partial charge in [0, 0.05) is 6.04 Å². The number of aliphatic hydroxyl groups is 1. The molecule has 9 nitrogen and oxygen atoms in total. The fourth-order valence-electron chi connectivity index (χ4n) is 3.08. The first kappa shape index (κ1) is 13.0. The molecule has 21 heavy (non-hydrogen) atoms. The van der Waals surface area contributed by atoms with Crippen molar-refractivity contribution < 1.29 is 19.3 Å². The van der Waals surface area contributed by atoms with Gasteiger partial charge in [0.25, 0.3) is 5.91 Å². The molecule has 3 aliphatic rings. The van der Waals surface area contributed by atoms with Crippen LogP contribution in [0, 0.1) is 0 Å². The summed E-state index contributed by atoms with van der Waals surface area (Å²) in [6.07, 6.45) is 3.94. The van der Waals surface area contributed by atoms with Crippen molar-refractivity contribution in [3.05, 3.63) is 12.0 Å². The summed E-state index contributed by atoms with van der Waals surface area (Å²) >= 11 is 0. The molecule has 2 unspecified atom stereocenters. The minimum atomic E-state index is -2.00. The van der Waals surface area contributed by atoms with Gasteiger partial charge in [-0.1, -0.05) is 4.67 Å². The lowest BCUT2D eigenvalue weighted by atomic mass is 9.89. The van der Waals surface area contributed by atoms with Crippen LogP contribution in [0.25, 0.3) is 0 Å². The Morgan fingerprint density at radius 2 is 2.33 bits per heavy atom. The molecule has 112 valence electrons. The van der Waals surface area contributed by atoms with Gasteiger partial charge < -0.3 is 9.94 Å². The zero-order valence-electron chi connectivity index (χ0n) is 11.2. The van der Waals surface area contributed by atoms with Crippen LogP contribution in [0.2, 0.25) is 0 Å². The average molecular weight is 312 g/mol. The summed E-state index contributed by atoms with van der Waals surface area (Å²) < 4.78 is 15.1. The number of carbonyl (C=O) groups excluding carboxylic acids is 1. The summed E-state index contributed by atoms with van der Waals surface area (Å²) in [6, 6.07) is -0.0563. The minimum absolute atomic E-state index is 0.0563. The summed E-state index contributed by atoms with van der Waals surface area (Å²) in [5, 5.41) is 9.84. The van der Waals surface area contributed by atoms with E-state index >= 15 is 0 Å². The molecule has 2 atom stereocenters. The molecule has 4 rings (SSSR count). The Morgan fingerprint density at radius 3 is 2.95 bits per heavy atom. The van der Waals surface area contributed by atoms with Gasteiger partial charge in [-0.3, -0.25) is 15.4 Å². The molecule has 0 bridgehead atoms. The molecule has 1 fully saturated rings. The maximum Gasteiger partial charge on any atom is 0.511 e. The van der Waals surface area contributed by atoms with E-state index in [9.17, 15) is 14.5 Å². The largest absolute Gasteiger partial charge is 0.511 e. The highest BCUT2D eigenvalue weighted by atomic mass is 31.1. The Morgan fingerprint density at radius 1 is 1.57 bits per heavy atom. The van der Waals surface area contributed by atoms with Gasteiger partial charge in [0.05, 0.1) is 0 Å². The molecule has 2 aliphatic heterocycles. The Labute approximate surface area is 121 Å². The summed E-state index contributed by atoms with van der Waals surface area (Å²) in [5.41, 5.74) is 6.49. The molecule has 3 N–H and O–H groups in total.